The highest BCUT2D eigenvalue weighted by Gasteiger charge is 2.08. The van der Waals surface area contributed by atoms with Crippen LogP contribution in [-0.2, 0) is 0 Å². The van der Waals surface area contributed by atoms with E-state index < -0.39 is 0 Å². The average molecular weight is 185 g/mol. The van der Waals surface area contributed by atoms with Crippen LogP contribution in [-0.4, -0.2) is 4.98 Å². The van der Waals surface area contributed by atoms with Gasteiger partial charge in [0.15, 0.2) is 0 Å². The van der Waals surface area contributed by atoms with E-state index >= 15 is 0 Å². The predicted octanol–water partition coefficient (Wildman–Crippen LogP) is 3.98. The number of hydrogen-bond acceptors (Lipinski definition) is 0. The Morgan fingerprint density at radius 1 is 0.929 bits per heavy atom. The van der Waals surface area contributed by atoms with E-state index in [-0.39, 0.29) is 0 Å². The molecule has 1 nitrogen and oxygen atoms in total. The van der Waals surface area contributed by atoms with Gasteiger partial charge in [-0.15, -0.1) is 0 Å². The Kier molecular flexibility index (Phi) is 3.29. The highest BCUT2D eigenvalue weighted by molar-refractivity contribution is 5.77. The summed E-state index contributed by atoms with van der Waals surface area (Å²) < 4.78 is 0. The maximum Gasteiger partial charge on any atom is 0.0458 e. The van der Waals surface area contributed by atoms with Crippen molar-refractivity contribution in [3.63, 3.8) is 0 Å². The lowest BCUT2D eigenvalue weighted by atomic mass is 10.1. The van der Waals surface area contributed by atoms with Gasteiger partial charge in [0.2, 0.25) is 0 Å². The molecule has 0 aliphatic heterocycles. The van der Waals surface area contributed by atoms with Gasteiger partial charge in [-0.3, -0.25) is 0 Å². The lowest BCUT2D eigenvalue weighted by Crippen LogP contribution is -1.76. The number of aromatic nitrogens is 1. The molecule has 1 N–H and O–H groups in total. The molecule has 0 saturated carbocycles. The normalized spacial score (nSPS) is 10.4. The molecular weight excluding hydrogens is 170 g/mol. The van der Waals surface area contributed by atoms with Gasteiger partial charge < -0.3 is 4.98 Å². The molecule has 1 rings (SSSR count). The van der Waals surface area contributed by atoms with Crippen LogP contribution in [0.15, 0.2) is 25.8 Å². The van der Waals surface area contributed by atoms with Crippen molar-refractivity contribution in [1.29, 1.82) is 0 Å². The topological polar surface area (TPSA) is 15.8 Å². The molecule has 0 amide bonds. The van der Waals surface area contributed by atoms with Crippen LogP contribution in [0.5, 0.6) is 0 Å². The summed E-state index contributed by atoms with van der Waals surface area (Å²) >= 11 is 0. The van der Waals surface area contributed by atoms with E-state index in [2.05, 4.69) is 24.7 Å². The van der Waals surface area contributed by atoms with Crippen LogP contribution in [0, 0.1) is 0 Å². The van der Waals surface area contributed by atoms with Gasteiger partial charge >= 0.3 is 0 Å². The number of hydrogen-bond donors (Lipinski definition) is 1. The van der Waals surface area contributed by atoms with E-state index in [4.69, 9.17) is 0 Å². The Morgan fingerprint density at radius 3 is 1.93 bits per heavy atom. The highest BCUT2D eigenvalue weighted by Crippen LogP contribution is 2.23. The SMILES string of the molecule is C=Cc1[nH]c(C=C)c(/C=C\C)c1C=C. The third-order valence-corrected chi connectivity index (χ3v) is 2.09. The Hall–Kier alpha value is -1.76. The lowest BCUT2D eigenvalue weighted by molar-refractivity contribution is 1.34. The summed E-state index contributed by atoms with van der Waals surface area (Å²) in [6, 6.07) is 0. The summed E-state index contributed by atoms with van der Waals surface area (Å²) in [4.78, 5) is 3.23. The zero-order chi connectivity index (χ0) is 10.6. The van der Waals surface area contributed by atoms with Gasteiger partial charge in [-0.25, -0.2) is 0 Å². The third-order valence-electron chi connectivity index (χ3n) is 2.09. The minimum Gasteiger partial charge on any atom is -0.355 e. The highest BCUT2D eigenvalue weighted by atomic mass is 14.7. The van der Waals surface area contributed by atoms with Crippen molar-refractivity contribution in [3.8, 4) is 0 Å². The molecule has 14 heavy (non-hydrogen) atoms. The van der Waals surface area contributed by atoms with Gasteiger partial charge in [-0.2, -0.15) is 0 Å². The summed E-state index contributed by atoms with van der Waals surface area (Å²) in [7, 11) is 0. The van der Waals surface area contributed by atoms with Gasteiger partial charge in [0.05, 0.1) is 0 Å². The third kappa shape index (κ3) is 1.62. The zero-order valence-electron chi connectivity index (χ0n) is 8.51. The number of nitrogens with one attached hydrogen (secondary N) is 1. The van der Waals surface area contributed by atoms with Crippen molar-refractivity contribution in [2.45, 2.75) is 6.92 Å². The van der Waals surface area contributed by atoms with Gasteiger partial charge in [0.1, 0.15) is 0 Å². The smallest absolute Gasteiger partial charge is 0.0458 e. The molecular formula is C13H15N. The monoisotopic (exact) mass is 185 g/mol. The first kappa shape index (κ1) is 10.3. The van der Waals surface area contributed by atoms with Crippen molar-refractivity contribution in [2.24, 2.45) is 0 Å². The van der Waals surface area contributed by atoms with Gasteiger partial charge in [-0.1, -0.05) is 38.0 Å². The first-order valence-corrected chi connectivity index (χ1v) is 4.54. The molecule has 0 radical (unpaired) electrons. The summed E-state index contributed by atoms with van der Waals surface area (Å²) in [5, 5.41) is 0. The molecule has 0 fully saturated rings. The molecule has 0 aliphatic rings. The van der Waals surface area contributed by atoms with Crippen molar-refractivity contribution < 1.29 is 0 Å². The van der Waals surface area contributed by atoms with Crippen LogP contribution in [0.3, 0.4) is 0 Å². The fourth-order valence-corrected chi connectivity index (χ4v) is 1.46. The maximum absolute atomic E-state index is 3.79. The molecule has 1 aromatic rings. The maximum atomic E-state index is 3.79. The second-order valence-corrected chi connectivity index (χ2v) is 2.89. The van der Waals surface area contributed by atoms with Crippen molar-refractivity contribution in [1.82, 2.24) is 4.98 Å². The zero-order valence-corrected chi connectivity index (χ0v) is 8.51. The van der Waals surface area contributed by atoms with E-state index in [1.807, 2.05) is 25.2 Å². The number of H-pyrrole nitrogens is 1. The lowest BCUT2D eigenvalue weighted by Gasteiger charge is -1.94. The largest absolute Gasteiger partial charge is 0.355 e. The molecule has 1 heteroatoms. The molecule has 0 saturated heterocycles. The molecule has 0 bridgehead atoms. The van der Waals surface area contributed by atoms with Crippen LogP contribution in [0.4, 0.5) is 0 Å². The summed E-state index contributed by atoms with van der Waals surface area (Å²) in [6.45, 7) is 13.3. The first-order valence-electron chi connectivity index (χ1n) is 4.54. The van der Waals surface area contributed by atoms with Crippen LogP contribution >= 0.6 is 0 Å². The molecule has 1 aromatic heterocycles. The van der Waals surface area contributed by atoms with E-state index in [9.17, 15) is 0 Å². The second kappa shape index (κ2) is 4.47. The van der Waals surface area contributed by atoms with E-state index in [0.29, 0.717) is 0 Å². The number of aromatic amines is 1. The van der Waals surface area contributed by atoms with Crippen LogP contribution < -0.4 is 0 Å². The summed E-state index contributed by atoms with van der Waals surface area (Å²) in [5.41, 5.74) is 4.19. The predicted molar refractivity (Wildman–Crippen MR) is 65.8 cm³/mol. The number of rotatable bonds is 4. The molecule has 0 spiro atoms. The fourth-order valence-electron chi connectivity index (χ4n) is 1.46. The standard InChI is InChI=1S/C13H15N/c1-5-9-11-10(6-2)12(7-3)14-13(11)8-4/h5-9,14H,2-4H2,1H3/b9-5-. The van der Waals surface area contributed by atoms with Gasteiger partial charge in [0.25, 0.3) is 0 Å². The van der Waals surface area contributed by atoms with Crippen LogP contribution in [0.25, 0.3) is 24.3 Å². The Morgan fingerprint density at radius 2 is 1.50 bits per heavy atom. The minimum absolute atomic E-state index is 0.989. The molecule has 0 unspecified atom stereocenters. The summed E-state index contributed by atoms with van der Waals surface area (Å²) in [6.07, 6.45) is 9.45. The Labute approximate surface area is 85.2 Å². The molecule has 0 atom stereocenters. The van der Waals surface area contributed by atoms with E-state index in [0.717, 1.165) is 22.5 Å². The van der Waals surface area contributed by atoms with E-state index in [1.165, 1.54) is 0 Å². The Balaban J connectivity index is 3.47. The fraction of sp³-hybridized carbons (Fsp3) is 0.0769. The van der Waals surface area contributed by atoms with E-state index in [1.54, 1.807) is 12.2 Å². The van der Waals surface area contributed by atoms with Crippen molar-refractivity contribution in [2.75, 3.05) is 0 Å². The van der Waals surface area contributed by atoms with Crippen molar-refractivity contribution >= 4 is 24.3 Å². The molecule has 0 aliphatic carbocycles. The van der Waals surface area contributed by atoms with Crippen molar-refractivity contribution in [3.05, 3.63) is 48.3 Å². The summed E-state index contributed by atoms with van der Waals surface area (Å²) in [5.74, 6) is 0. The number of allylic oxidation sites excluding steroid dienone is 1. The minimum atomic E-state index is 0.989. The first-order chi connectivity index (χ1) is 6.78. The van der Waals surface area contributed by atoms with Crippen LogP contribution in [0.1, 0.15) is 29.4 Å². The molecule has 72 valence electrons. The Bertz CT molecular complexity index is 392. The second-order valence-electron chi connectivity index (χ2n) is 2.89. The molecule has 1 heterocycles. The molecule has 0 aromatic carbocycles. The van der Waals surface area contributed by atoms with Gasteiger partial charge in [-0.05, 0) is 19.1 Å². The average Bonchev–Trinajstić information content (AvgIpc) is 2.56. The van der Waals surface area contributed by atoms with Crippen LogP contribution in [0.2, 0.25) is 0 Å². The quantitative estimate of drug-likeness (QED) is 0.730. The van der Waals surface area contributed by atoms with Gasteiger partial charge in [0, 0.05) is 22.5 Å².